The molecular formula is C17H14BrCl2NO3. The van der Waals surface area contributed by atoms with Crippen molar-refractivity contribution in [3.63, 3.8) is 0 Å². The SMILES string of the molecule is COC(=O)c1cccc(Cl)c1CBr.O=C1NCc2c(Cl)cccc21. The molecule has 1 heterocycles. The highest BCUT2D eigenvalue weighted by Gasteiger charge is 2.19. The molecule has 0 radical (unpaired) electrons. The van der Waals surface area contributed by atoms with Crippen molar-refractivity contribution in [3.05, 3.63) is 68.7 Å². The number of methoxy groups -OCH3 is 1. The fourth-order valence-corrected chi connectivity index (χ4v) is 3.46. The van der Waals surface area contributed by atoms with Crippen molar-refractivity contribution in [2.45, 2.75) is 11.9 Å². The van der Waals surface area contributed by atoms with Gasteiger partial charge in [0, 0.05) is 33.0 Å². The lowest BCUT2D eigenvalue weighted by atomic mass is 10.1. The van der Waals surface area contributed by atoms with Crippen LogP contribution in [0.2, 0.25) is 10.0 Å². The van der Waals surface area contributed by atoms with E-state index < -0.39 is 0 Å². The van der Waals surface area contributed by atoms with Crippen molar-refractivity contribution < 1.29 is 14.3 Å². The number of amides is 1. The van der Waals surface area contributed by atoms with Crippen molar-refractivity contribution in [2.75, 3.05) is 7.11 Å². The summed E-state index contributed by atoms with van der Waals surface area (Å²) in [7, 11) is 1.35. The van der Waals surface area contributed by atoms with Gasteiger partial charge in [0.05, 0.1) is 12.7 Å². The Bertz CT molecular complexity index is 780. The van der Waals surface area contributed by atoms with Crippen LogP contribution in [0.15, 0.2) is 36.4 Å². The number of hydrogen-bond acceptors (Lipinski definition) is 3. The summed E-state index contributed by atoms with van der Waals surface area (Å²) in [6.07, 6.45) is 0. The molecule has 0 saturated heterocycles. The minimum Gasteiger partial charge on any atom is -0.465 e. The van der Waals surface area contributed by atoms with Crippen LogP contribution < -0.4 is 5.32 Å². The van der Waals surface area contributed by atoms with Crippen molar-refractivity contribution in [3.8, 4) is 0 Å². The van der Waals surface area contributed by atoms with Crippen LogP contribution in [0.5, 0.6) is 0 Å². The number of rotatable bonds is 2. The van der Waals surface area contributed by atoms with Crippen LogP contribution in [0.4, 0.5) is 0 Å². The molecule has 1 N–H and O–H groups in total. The molecule has 4 nitrogen and oxygen atoms in total. The highest BCUT2D eigenvalue weighted by molar-refractivity contribution is 9.08. The molecule has 7 heteroatoms. The third-order valence-corrected chi connectivity index (χ3v) is 4.72. The monoisotopic (exact) mass is 429 g/mol. The van der Waals surface area contributed by atoms with E-state index in [2.05, 4.69) is 26.0 Å². The highest BCUT2D eigenvalue weighted by atomic mass is 79.9. The van der Waals surface area contributed by atoms with E-state index in [1.807, 2.05) is 0 Å². The zero-order valence-corrected chi connectivity index (χ0v) is 15.8. The third-order valence-electron chi connectivity index (χ3n) is 3.45. The third kappa shape index (κ3) is 4.09. The van der Waals surface area contributed by atoms with Gasteiger partial charge in [-0.2, -0.15) is 0 Å². The summed E-state index contributed by atoms with van der Waals surface area (Å²) in [6, 6.07) is 10.5. The minimum atomic E-state index is -0.364. The number of esters is 1. The van der Waals surface area contributed by atoms with Crippen molar-refractivity contribution in [2.24, 2.45) is 0 Å². The lowest BCUT2D eigenvalue weighted by Crippen LogP contribution is -2.12. The molecule has 1 aliphatic heterocycles. The first-order valence-corrected chi connectivity index (χ1v) is 8.84. The van der Waals surface area contributed by atoms with E-state index >= 15 is 0 Å². The van der Waals surface area contributed by atoms with Gasteiger partial charge in [-0.15, -0.1) is 0 Å². The average Bonchev–Trinajstić information content (AvgIpc) is 2.97. The van der Waals surface area contributed by atoms with Crippen LogP contribution in [-0.2, 0) is 16.6 Å². The largest absolute Gasteiger partial charge is 0.465 e. The zero-order chi connectivity index (χ0) is 17.7. The maximum Gasteiger partial charge on any atom is 0.338 e. The van der Waals surface area contributed by atoms with Gasteiger partial charge in [0.15, 0.2) is 0 Å². The molecule has 24 heavy (non-hydrogen) atoms. The lowest BCUT2D eigenvalue weighted by molar-refractivity contribution is 0.0599. The van der Waals surface area contributed by atoms with E-state index in [0.29, 0.717) is 33.0 Å². The molecule has 0 aliphatic carbocycles. The Hall–Kier alpha value is -1.56. The van der Waals surface area contributed by atoms with Gasteiger partial charge in [-0.1, -0.05) is 51.3 Å². The topological polar surface area (TPSA) is 55.4 Å². The Morgan fingerprint density at radius 1 is 1.21 bits per heavy atom. The molecular weight excluding hydrogens is 417 g/mol. The standard InChI is InChI=1S/C9H8BrClO2.C8H6ClNO/c1-13-9(12)6-3-2-4-8(11)7(6)5-10;9-7-3-1-2-5-6(7)4-10-8(5)11/h2-4H,5H2,1H3;1-3H,4H2,(H,10,11). The Kier molecular flexibility index (Phi) is 6.66. The number of fused-ring (bicyclic) bond motifs is 1. The maximum absolute atomic E-state index is 11.2. The van der Waals surface area contributed by atoms with Crippen LogP contribution in [-0.4, -0.2) is 19.0 Å². The van der Waals surface area contributed by atoms with E-state index in [1.165, 1.54) is 7.11 Å². The number of hydrogen-bond donors (Lipinski definition) is 1. The first kappa shape index (κ1) is 18.8. The fraction of sp³-hybridized carbons (Fsp3) is 0.176. The number of nitrogens with one attached hydrogen (secondary N) is 1. The Labute approximate surface area is 158 Å². The second-order valence-corrected chi connectivity index (χ2v) is 6.21. The second kappa shape index (κ2) is 8.51. The predicted molar refractivity (Wildman–Crippen MR) is 98.0 cm³/mol. The smallest absolute Gasteiger partial charge is 0.338 e. The van der Waals surface area contributed by atoms with Gasteiger partial charge in [-0.3, -0.25) is 4.79 Å². The number of carbonyl (C=O) groups is 2. The number of ether oxygens (including phenoxy) is 1. The van der Waals surface area contributed by atoms with E-state index in [-0.39, 0.29) is 11.9 Å². The molecule has 0 saturated carbocycles. The predicted octanol–water partition coefficient (Wildman–Crippen LogP) is 4.60. The quantitative estimate of drug-likeness (QED) is 0.559. The highest BCUT2D eigenvalue weighted by Crippen LogP contribution is 2.24. The van der Waals surface area contributed by atoms with Gasteiger partial charge >= 0.3 is 5.97 Å². The van der Waals surface area contributed by atoms with Crippen molar-refractivity contribution >= 4 is 51.0 Å². The first-order chi connectivity index (χ1) is 11.5. The van der Waals surface area contributed by atoms with E-state index in [4.69, 9.17) is 23.2 Å². The number of carbonyl (C=O) groups excluding carboxylic acids is 2. The summed E-state index contributed by atoms with van der Waals surface area (Å²) < 4.78 is 4.62. The fourth-order valence-electron chi connectivity index (χ4n) is 2.21. The van der Waals surface area contributed by atoms with E-state index in [0.717, 1.165) is 11.1 Å². The molecule has 0 bridgehead atoms. The van der Waals surface area contributed by atoms with Crippen LogP contribution in [0.1, 0.15) is 31.8 Å². The minimum absolute atomic E-state index is 0.0255. The van der Waals surface area contributed by atoms with Gasteiger partial charge in [-0.25, -0.2) is 4.79 Å². The van der Waals surface area contributed by atoms with Crippen LogP contribution in [0.3, 0.4) is 0 Å². The summed E-state index contributed by atoms with van der Waals surface area (Å²) in [5.41, 5.74) is 2.89. The number of benzene rings is 2. The molecule has 0 atom stereocenters. The normalized spacial score (nSPS) is 11.9. The molecule has 0 unspecified atom stereocenters. The maximum atomic E-state index is 11.2. The molecule has 3 rings (SSSR count). The van der Waals surface area contributed by atoms with Gasteiger partial charge in [-0.05, 0) is 29.8 Å². The second-order valence-electron chi connectivity index (χ2n) is 4.84. The lowest BCUT2D eigenvalue weighted by Gasteiger charge is -2.06. The number of halogens is 3. The van der Waals surface area contributed by atoms with E-state index in [9.17, 15) is 9.59 Å². The van der Waals surface area contributed by atoms with Gasteiger partial charge in [0.25, 0.3) is 5.91 Å². The molecule has 1 amide bonds. The van der Waals surface area contributed by atoms with Crippen molar-refractivity contribution in [1.29, 1.82) is 0 Å². The first-order valence-electron chi connectivity index (χ1n) is 6.96. The van der Waals surface area contributed by atoms with Gasteiger partial charge < -0.3 is 10.1 Å². The Balaban J connectivity index is 0.000000175. The molecule has 0 aromatic heterocycles. The molecule has 2 aromatic carbocycles. The molecule has 126 valence electrons. The summed E-state index contributed by atoms with van der Waals surface area (Å²) in [6.45, 7) is 0.563. The van der Waals surface area contributed by atoms with Crippen LogP contribution in [0, 0.1) is 0 Å². The summed E-state index contributed by atoms with van der Waals surface area (Å²) in [5.74, 6) is -0.389. The van der Waals surface area contributed by atoms with Gasteiger partial charge in [0.1, 0.15) is 0 Å². The molecule has 0 fully saturated rings. The van der Waals surface area contributed by atoms with Gasteiger partial charge in [0.2, 0.25) is 0 Å². The van der Waals surface area contributed by atoms with Crippen LogP contribution >= 0.6 is 39.1 Å². The summed E-state index contributed by atoms with van der Waals surface area (Å²) >= 11 is 15.0. The molecule has 0 spiro atoms. The molecule has 2 aromatic rings. The Morgan fingerprint density at radius 2 is 1.88 bits per heavy atom. The summed E-state index contributed by atoms with van der Waals surface area (Å²) in [4.78, 5) is 22.3. The number of alkyl halides is 1. The van der Waals surface area contributed by atoms with E-state index in [1.54, 1.807) is 36.4 Å². The van der Waals surface area contributed by atoms with Crippen molar-refractivity contribution in [1.82, 2.24) is 5.32 Å². The van der Waals surface area contributed by atoms with Crippen LogP contribution in [0.25, 0.3) is 0 Å². The Morgan fingerprint density at radius 3 is 2.50 bits per heavy atom. The summed E-state index contributed by atoms with van der Waals surface area (Å²) in [5, 5.41) is 4.48. The average molecular weight is 431 g/mol. The zero-order valence-electron chi connectivity index (χ0n) is 12.7. The molecule has 1 aliphatic rings.